The van der Waals surface area contributed by atoms with Gasteiger partial charge in [0.1, 0.15) is 0 Å². The predicted molar refractivity (Wildman–Crippen MR) is 123 cm³/mol. The Morgan fingerprint density at radius 3 is 2.77 bits per heavy atom. The molecule has 0 bridgehead atoms. The summed E-state index contributed by atoms with van der Waals surface area (Å²) in [5.41, 5.74) is 4.67. The summed E-state index contributed by atoms with van der Waals surface area (Å²) in [6.07, 6.45) is 3.52. The highest BCUT2D eigenvalue weighted by atomic mass is 32.2. The molecule has 0 radical (unpaired) electrons. The first kappa shape index (κ1) is 23.4. The van der Waals surface area contributed by atoms with Crippen LogP contribution in [0.15, 0.2) is 48.5 Å². The Kier molecular flexibility index (Phi) is 8.23. The van der Waals surface area contributed by atoms with Gasteiger partial charge in [0.05, 0.1) is 12.9 Å². The smallest absolute Gasteiger partial charge is 0.305 e. The van der Waals surface area contributed by atoms with Crippen LogP contribution in [0.2, 0.25) is 0 Å². The van der Waals surface area contributed by atoms with Gasteiger partial charge in [-0.15, -0.1) is 0 Å². The second-order valence-corrected chi connectivity index (χ2v) is 10.0. The summed E-state index contributed by atoms with van der Waals surface area (Å²) in [4.78, 5) is 11.4. The van der Waals surface area contributed by atoms with Crippen LogP contribution < -0.4 is 10.0 Å². The summed E-state index contributed by atoms with van der Waals surface area (Å²) in [6.45, 7) is 2.47. The lowest BCUT2D eigenvalue weighted by Gasteiger charge is -2.21. The first-order chi connectivity index (χ1) is 14.9. The van der Waals surface area contributed by atoms with E-state index in [0.717, 1.165) is 43.4 Å². The Hall–Kier alpha value is -2.22. The lowest BCUT2D eigenvalue weighted by atomic mass is 9.93. The second-order valence-electron chi connectivity index (χ2n) is 7.97. The van der Waals surface area contributed by atoms with Crippen molar-refractivity contribution in [3.05, 3.63) is 59.7 Å². The van der Waals surface area contributed by atoms with Crippen LogP contribution in [-0.4, -0.2) is 45.9 Å². The lowest BCUT2D eigenvalue weighted by molar-refractivity contribution is -0.140. The van der Waals surface area contributed by atoms with Crippen LogP contribution in [0.3, 0.4) is 0 Å². The van der Waals surface area contributed by atoms with Gasteiger partial charge in [-0.05, 0) is 61.4 Å². The highest BCUT2D eigenvalue weighted by Gasteiger charge is 2.29. The largest absolute Gasteiger partial charge is 0.469 e. The molecular formula is C24H32N2O4S. The third kappa shape index (κ3) is 6.63. The predicted octanol–water partition coefficient (Wildman–Crippen LogP) is 3.06. The molecule has 2 aromatic carbocycles. The molecule has 2 unspecified atom stereocenters. The number of benzene rings is 2. The Labute approximate surface area is 185 Å². The third-order valence-electron chi connectivity index (χ3n) is 5.82. The molecule has 168 valence electrons. The van der Waals surface area contributed by atoms with Crippen molar-refractivity contribution in [1.29, 1.82) is 0 Å². The van der Waals surface area contributed by atoms with Crippen LogP contribution in [-0.2, 0) is 32.4 Å². The van der Waals surface area contributed by atoms with Gasteiger partial charge in [0.2, 0.25) is 10.0 Å². The molecular weight excluding hydrogens is 412 g/mol. The van der Waals surface area contributed by atoms with Gasteiger partial charge in [-0.1, -0.05) is 48.5 Å². The fourth-order valence-corrected chi connectivity index (χ4v) is 5.01. The summed E-state index contributed by atoms with van der Waals surface area (Å²) in [7, 11) is -1.81. The number of hydrogen-bond donors (Lipinski definition) is 2. The molecule has 1 heterocycles. The summed E-state index contributed by atoms with van der Waals surface area (Å²) < 4.78 is 31.6. The summed E-state index contributed by atoms with van der Waals surface area (Å²) in [5.74, 6) is -0.0878. The number of sulfonamides is 1. The van der Waals surface area contributed by atoms with Gasteiger partial charge in [0, 0.05) is 18.5 Å². The van der Waals surface area contributed by atoms with Gasteiger partial charge in [0.25, 0.3) is 0 Å². The van der Waals surface area contributed by atoms with Gasteiger partial charge in [0.15, 0.2) is 0 Å². The standard InChI is InChI=1S/C24H32N2O4S/c1-3-31(28,29)26-22-14-15-25-23(22)17-18-8-6-11-20(16-18)21-12-5-4-9-19(21)10-7-13-24(27)30-2/h4-6,8-9,11-12,16,22-23,25-26H,3,7,10,13-15,17H2,1-2H3. The van der Waals surface area contributed by atoms with Crippen molar-refractivity contribution in [3.63, 3.8) is 0 Å². The van der Waals surface area contributed by atoms with E-state index in [1.807, 2.05) is 12.1 Å². The van der Waals surface area contributed by atoms with Gasteiger partial charge in [-0.3, -0.25) is 4.79 Å². The molecule has 1 aliphatic heterocycles. The molecule has 0 amide bonds. The van der Waals surface area contributed by atoms with Crippen LogP contribution in [0, 0.1) is 0 Å². The Morgan fingerprint density at radius 1 is 1.19 bits per heavy atom. The average molecular weight is 445 g/mol. The van der Waals surface area contributed by atoms with E-state index in [-0.39, 0.29) is 23.8 Å². The minimum absolute atomic E-state index is 0.0758. The number of ether oxygens (including phenoxy) is 1. The van der Waals surface area contributed by atoms with Crippen molar-refractivity contribution < 1.29 is 17.9 Å². The van der Waals surface area contributed by atoms with Crippen LogP contribution in [0.5, 0.6) is 0 Å². The average Bonchev–Trinajstić information content (AvgIpc) is 3.19. The van der Waals surface area contributed by atoms with Crippen LogP contribution in [0.4, 0.5) is 0 Å². The zero-order valence-electron chi connectivity index (χ0n) is 18.3. The summed E-state index contributed by atoms with van der Waals surface area (Å²) >= 11 is 0. The lowest BCUT2D eigenvalue weighted by Crippen LogP contribution is -2.45. The Bertz CT molecular complexity index is 991. The van der Waals surface area contributed by atoms with Crippen molar-refractivity contribution in [3.8, 4) is 11.1 Å². The molecule has 7 heteroatoms. The van der Waals surface area contributed by atoms with Crippen molar-refractivity contribution in [2.24, 2.45) is 0 Å². The van der Waals surface area contributed by atoms with Crippen molar-refractivity contribution in [2.75, 3.05) is 19.4 Å². The SMILES string of the molecule is CCS(=O)(=O)NC1CCNC1Cc1cccc(-c2ccccc2CCCC(=O)OC)c1. The minimum atomic E-state index is -3.22. The monoisotopic (exact) mass is 444 g/mol. The maximum atomic E-state index is 12.0. The molecule has 1 aliphatic rings. The molecule has 1 saturated heterocycles. The zero-order chi connectivity index (χ0) is 22.3. The van der Waals surface area contributed by atoms with Gasteiger partial charge in [-0.2, -0.15) is 0 Å². The maximum absolute atomic E-state index is 12.0. The van der Waals surface area contributed by atoms with Crippen molar-refractivity contribution in [1.82, 2.24) is 10.0 Å². The highest BCUT2D eigenvalue weighted by Crippen LogP contribution is 2.27. The number of nitrogens with one attached hydrogen (secondary N) is 2. The maximum Gasteiger partial charge on any atom is 0.305 e. The van der Waals surface area contributed by atoms with E-state index in [1.54, 1.807) is 6.92 Å². The number of aryl methyl sites for hydroxylation is 1. The van der Waals surface area contributed by atoms with E-state index in [9.17, 15) is 13.2 Å². The normalized spacial score (nSPS) is 18.8. The number of rotatable bonds is 10. The molecule has 6 nitrogen and oxygen atoms in total. The molecule has 0 aromatic heterocycles. The van der Waals surface area contributed by atoms with E-state index in [1.165, 1.54) is 18.2 Å². The van der Waals surface area contributed by atoms with Crippen LogP contribution >= 0.6 is 0 Å². The zero-order valence-corrected chi connectivity index (χ0v) is 19.1. The number of methoxy groups -OCH3 is 1. The van der Waals surface area contributed by atoms with E-state index >= 15 is 0 Å². The molecule has 2 atom stereocenters. The van der Waals surface area contributed by atoms with Crippen molar-refractivity contribution >= 4 is 16.0 Å². The molecule has 0 spiro atoms. The van der Waals surface area contributed by atoms with Crippen LogP contribution in [0.25, 0.3) is 11.1 Å². The van der Waals surface area contributed by atoms with Gasteiger partial charge in [-0.25, -0.2) is 13.1 Å². The minimum Gasteiger partial charge on any atom is -0.469 e. The fraction of sp³-hybridized carbons (Fsp3) is 0.458. The fourth-order valence-electron chi connectivity index (χ4n) is 4.10. The van der Waals surface area contributed by atoms with Crippen LogP contribution in [0.1, 0.15) is 37.3 Å². The number of carbonyl (C=O) groups excluding carboxylic acids is 1. The van der Waals surface area contributed by atoms with Gasteiger partial charge >= 0.3 is 5.97 Å². The third-order valence-corrected chi connectivity index (χ3v) is 7.25. The Morgan fingerprint density at radius 2 is 2.00 bits per heavy atom. The molecule has 1 fully saturated rings. The molecule has 2 aromatic rings. The molecule has 2 N–H and O–H groups in total. The number of hydrogen-bond acceptors (Lipinski definition) is 5. The first-order valence-electron chi connectivity index (χ1n) is 10.9. The van der Waals surface area contributed by atoms with Gasteiger partial charge < -0.3 is 10.1 Å². The van der Waals surface area contributed by atoms with Crippen molar-refractivity contribution in [2.45, 2.75) is 51.1 Å². The molecule has 0 saturated carbocycles. The molecule has 3 rings (SSSR count). The second kappa shape index (κ2) is 10.9. The van der Waals surface area contributed by atoms with E-state index < -0.39 is 10.0 Å². The number of carbonyl (C=O) groups is 1. The van der Waals surface area contributed by atoms with E-state index in [0.29, 0.717) is 6.42 Å². The summed E-state index contributed by atoms with van der Waals surface area (Å²) in [5, 5.41) is 3.45. The molecule has 31 heavy (non-hydrogen) atoms. The highest BCUT2D eigenvalue weighted by molar-refractivity contribution is 7.89. The Balaban J connectivity index is 1.73. The molecule has 0 aliphatic carbocycles. The number of esters is 1. The summed E-state index contributed by atoms with van der Waals surface area (Å²) in [6, 6.07) is 16.7. The first-order valence-corrected chi connectivity index (χ1v) is 12.5. The van der Waals surface area contributed by atoms with E-state index in [4.69, 9.17) is 4.74 Å². The van der Waals surface area contributed by atoms with E-state index in [2.05, 4.69) is 46.4 Å². The topological polar surface area (TPSA) is 84.5 Å². The quantitative estimate of drug-likeness (QED) is 0.550.